The predicted molar refractivity (Wildman–Crippen MR) is 58.4 cm³/mol. The zero-order valence-corrected chi connectivity index (χ0v) is 9.46. The molecule has 0 spiro atoms. The average Bonchev–Trinajstić information content (AvgIpc) is 2.95. The molecule has 0 aromatic heterocycles. The summed E-state index contributed by atoms with van der Waals surface area (Å²) < 4.78 is 5.82. The zero-order valence-electron chi connectivity index (χ0n) is 9.46. The van der Waals surface area contributed by atoms with E-state index >= 15 is 0 Å². The molecule has 2 heteroatoms. The van der Waals surface area contributed by atoms with Crippen LogP contribution in [0, 0.1) is 5.92 Å². The van der Waals surface area contributed by atoms with E-state index in [9.17, 15) is 0 Å². The van der Waals surface area contributed by atoms with Gasteiger partial charge in [-0.1, -0.05) is 13.8 Å². The summed E-state index contributed by atoms with van der Waals surface area (Å²) in [5.74, 6) is 0.879. The van der Waals surface area contributed by atoms with Crippen LogP contribution in [0.25, 0.3) is 0 Å². The van der Waals surface area contributed by atoms with Gasteiger partial charge in [0.25, 0.3) is 0 Å². The van der Waals surface area contributed by atoms with E-state index in [0.29, 0.717) is 18.2 Å². The molecule has 1 N–H and O–H groups in total. The van der Waals surface area contributed by atoms with E-state index in [1.54, 1.807) is 0 Å². The van der Waals surface area contributed by atoms with E-state index in [0.717, 1.165) is 12.5 Å². The summed E-state index contributed by atoms with van der Waals surface area (Å²) >= 11 is 0. The third kappa shape index (κ3) is 2.29. The van der Waals surface area contributed by atoms with Crippen molar-refractivity contribution in [3.05, 3.63) is 0 Å². The lowest BCUT2D eigenvalue weighted by Gasteiger charge is -2.24. The molecule has 2 rings (SSSR count). The fourth-order valence-electron chi connectivity index (χ4n) is 2.51. The second kappa shape index (κ2) is 4.63. The molecule has 0 aromatic carbocycles. The van der Waals surface area contributed by atoms with Crippen LogP contribution in [0.2, 0.25) is 0 Å². The zero-order chi connectivity index (χ0) is 9.97. The molecule has 0 amide bonds. The second-order valence-corrected chi connectivity index (χ2v) is 4.75. The molecular formula is C12H23NO. The number of hydrogen-bond donors (Lipinski definition) is 1. The van der Waals surface area contributed by atoms with Crippen molar-refractivity contribution in [2.45, 2.75) is 64.1 Å². The van der Waals surface area contributed by atoms with E-state index in [1.807, 2.05) is 0 Å². The van der Waals surface area contributed by atoms with Crippen LogP contribution in [0.15, 0.2) is 0 Å². The monoisotopic (exact) mass is 197 g/mol. The topological polar surface area (TPSA) is 21.3 Å². The first kappa shape index (κ1) is 10.4. The van der Waals surface area contributed by atoms with Crippen LogP contribution in [-0.4, -0.2) is 24.8 Å². The molecule has 0 radical (unpaired) electrons. The first-order chi connectivity index (χ1) is 6.85. The van der Waals surface area contributed by atoms with Crippen LogP contribution in [-0.2, 0) is 4.74 Å². The molecule has 2 fully saturated rings. The Morgan fingerprint density at radius 2 is 1.93 bits per heavy atom. The molecule has 2 nitrogen and oxygen atoms in total. The van der Waals surface area contributed by atoms with Crippen molar-refractivity contribution < 1.29 is 4.74 Å². The molecule has 0 aromatic rings. The van der Waals surface area contributed by atoms with Crippen molar-refractivity contribution in [2.75, 3.05) is 6.61 Å². The van der Waals surface area contributed by atoms with Gasteiger partial charge in [0.1, 0.15) is 0 Å². The van der Waals surface area contributed by atoms with Crippen LogP contribution in [0.5, 0.6) is 0 Å². The van der Waals surface area contributed by atoms with E-state index in [1.165, 1.54) is 32.1 Å². The minimum atomic E-state index is 0.538. The lowest BCUT2D eigenvalue weighted by molar-refractivity contribution is 0.0786. The Bertz CT molecular complexity index is 175. The van der Waals surface area contributed by atoms with Gasteiger partial charge in [0.15, 0.2) is 0 Å². The Balaban J connectivity index is 1.82. The van der Waals surface area contributed by atoms with E-state index in [2.05, 4.69) is 19.2 Å². The van der Waals surface area contributed by atoms with Crippen molar-refractivity contribution in [2.24, 2.45) is 5.92 Å². The predicted octanol–water partition coefficient (Wildman–Crippen LogP) is 2.33. The van der Waals surface area contributed by atoms with E-state index in [4.69, 9.17) is 4.74 Å². The Labute approximate surface area is 87.4 Å². The first-order valence-electron chi connectivity index (χ1n) is 6.22. The maximum absolute atomic E-state index is 5.82. The van der Waals surface area contributed by atoms with Gasteiger partial charge < -0.3 is 10.1 Å². The van der Waals surface area contributed by atoms with Crippen molar-refractivity contribution in [3.63, 3.8) is 0 Å². The summed E-state index contributed by atoms with van der Waals surface area (Å²) in [7, 11) is 0. The molecule has 82 valence electrons. The third-order valence-corrected chi connectivity index (χ3v) is 3.66. The largest absolute Gasteiger partial charge is 0.376 e. The lowest BCUT2D eigenvalue weighted by atomic mass is 10.0. The molecule has 0 bridgehead atoms. The van der Waals surface area contributed by atoms with Gasteiger partial charge in [0.05, 0.1) is 6.10 Å². The minimum absolute atomic E-state index is 0.538. The summed E-state index contributed by atoms with van der Waals surface area (Å²) in [6.45, 7) is 5.51. The molecule has 1 aliphatic carbocycles. The van der Waals surface area contributed by atoms with Crippen LogP contribution in [0.4, 0.5) is 0 Å². The highest BCUT2D eigenvalue weighted by molar-refractivity contribution is 4.94. The van der Waals surface area contributed by atoms with Gasteiger partial charge in [0, 0.05) is 18.7 Å². The highest BCUT2D eigenvalue weighted by atomic mass is 16.5. The van der Waals surface area contributed by atoms with Gasteiger partial charge in [-0.2, -0.15) is 0 Å². The van der Waals surface area contributed by atoms with Crippen LogP contribution >= 0.6 is 0 Å². The maximum atomic E-state index is 5.82. The summed E-state index contributed by atoms with van der Waals surface area (Å²) in [6.07, 6.45) is 7.03. The Kier molecular flexibility index (Phi) is 3.45. The molecule has 2 unspecified atom stereocenters. The van der Waals surface area contributed by atoms with Crippen molar-refractivity contribution in [3.8, 4) is 0 Å². The molecule has 1 aliphatic heterocycles. The minimum Gasteiger partial charge on any atom is -0.376 e. The number of rotatable bonds is 5. The van der Waals surface area contributed by atoms with E-state index < -0.39 is 0 Å². The summed E-state index contributed by atoms with van der Waals surface area (Å²) in [5, 5.41) is 3.76. The van der Waals surface area contributed by atoms with Crippen molar-refractivity contribution in [1.82, 2.24) is 5.32 Å². The average molecular weight is 197 g/mol. The van der Waals surface area contributed by atoms with Gasteiger partial charge in [-0.3, -0.25) is 0 Å². The van der Waals surface area contributed by atoms with Crippen molar-refractivity contribution >= 4 is 0 Å². The van der Waals surface area contributed by atoms with Gasteiger partial charge >= 0.3 is 0 Å². The molecule has 1 heterocycles. The molecule has 2 atom stereocenters. The second-order valence-electron chi connectivity index (χ2n) is 4.75. The fraction of sp³-hybridized carbons (Fsp3) is 1.00. The van der Waals surface area contributed by atoms with E-state index in [-0.39, 0.29) is 0 Å². The van der Waals surface area contributed by atoms with Gasteiger partial charge in [-0.05, 0) is 38.0 Å². The highest BCUT2D eigenvalue weighted by Crippen LogP contribution is 2.38. The summed E-state index contributed by atoms with van der Waals surface area (Å²) in [6, 6.07) is 1.34. The molecule has 14 heavy (non-hydrogen) atoms. The maximum Gasteiger partial charge on any atom is 0.0757 e. The van der Waals surface area contributed by atoms with Gasteiger partial charge in [0.2, 0.25) is 0 Å². The molecule has 1 saturated carbocycles. The quantitative estimate of drug-likeness (QED) is 0.730. The van der Waals surface area contributed by atoms with Gasteiger partial charge in [-0.25, -0.2) is 0 Å². The Hall–Kier alpha value is -0.0800. The Morgan fingerprint density at radius 1 is 1.21 bits per heavy atom. The fourth-order valence-corrected chi connectivity index (χ4v) is 2.51. The van der Waals surface area contributed by atoms with Crippen molar-refractivity contribution in [1.29, 1.82) is 0 Å². The molecular weight excluding hydrogens is 174 g/mol. The van der Waals surface area contributed by atoms with Crippen LogP contribution < -0.4 is 5.32 Å². The highest BCUT2D eigenvalue weighted by Gasteiger charge is 2.40. The number of nitrogens with one attached hydrogen (secondary N) is 1. The Morgan fingerprint density at radius 3 is 2.50 bits per heavy atom. The SMILES string of the molecule is CCC(CC)NC1CCOC1C1CC1. The van der Waals surface area contributed by atoms with Crippen LogP contribution in [0.3, 0.4) is 0 Å². The van der Waals surface area contributed by atoms with Crippen LogP contribution in [0.1, 0.15) is 46.0 Å². The number of hydrogen-bond acceptors (Lipinski definition) is 2. The lowest BCUT2D eigenvalue weighted by Crippen LogP contribution is -2.43. The normalized spacial score (nSPS) is 32.8. The summed E-state index contributed by atoms with van der Waals surface area (Å²) in [5.41, 5.74) is 0. The summed E-state index contributed by atoms with van der Waals surface area (Å²) in [4.78, 5) is 0. The smallest absolute Gasteiger partial charge is 0.0757 e. The molecule has 2 aliphatic rings. The third-order valence-electron chi connectivity index (χ3n) is 3.66. The van der Waals surface area contributed by atoms with Gasteiger partial charge in [-0.15, -0.1) is 0 Å². The first-order valence-corrected chi connectivity index (χ1v) is 6.22. The standard InChI is InChI=1S/C12H23NO/c1-3-10(4-2)13-11-7-8-14-12(11)9-5-6-9/h9-13H,3-8H2,1-2H3. The number of ether oxygens (including phenoxy) is 1. The molecule has 1 saturated heterocycles.